The van der Waals surface area contributed by atoms with Gasteiger partial charge in [-0.2, -0.15) is 5.10 Å². The molecule has 0 bridgehead atoms. The number of nitrogens with zero attached hydrogens (tertiary/aromatic N) is 2. The van der Waals surface area contributed by atoms with Crippen LogP contribution in [0.4, 0.5) is 0 Å². The zero-order valence-corrected chi connectivity index (χ0v) is 10.4. The Kier molecular flexibility index (Phi) is 3.33. The number of hydrogen-bond acceptors (Lipinski definition) is 4. The van der Waals surface area contributed by atoms with E-state index in [1.54, 1.807) is 11.8 Å². The molecular formula is C11H18N4O2. The molecule has 2 heterocycles. The van der Waals surface area contributed by atoms with Crippen LogP contribution in [-0.2, 0) is 18.4 Å². The zero-order valence-electron chi connectivity index (χ0n) is 10.4. The fourth-order valence-electron chi connectivity index (χ4n) is 2.14. The molecule has 1 aliphatic rings. The number of hydrogen-bond donors (Lipinski definition) is 2. The minimum Gasteiger partial charge on any atom is -0.481 e. The van der Waals surface area contributed by atoms with Gasteiger partial charge in [-0.3, -0.25) is 4.79 Å². The average molecular weight is 238 g/mol. The van der Waals surface area contributed by atoms with Gasteiger partial charge in [0.15, 0.2) is 0 Å². The third-order valence-corrected chi connectivity index (χ3v) is 3.03. The van der Waals surface area contributed by atoms with Gasteiger partial charge in [0.05, 0.1) is 18.4 Å². The van der Waals surface area contributed by atoms with E-state index in [1.165, 1.54) is 0 Å². The van der Waals surface area contributed by atoms with E-state index in [2.05, 4.69) is 15.7 Å². The van der Waals surface area contributed by atoms with E-state index < -0.39 is 0 Å². The number of methoxy groups -OCH3 is 1. The van der Waals surface area contributed by atoms with E-state index in [4.69, 9.17) is 4.74 Å². The first-order chi connectivity index (χ1) is 8.11. The van der Waals surface area contributed by atoms with Crippen molar-refractivity contribution in [3.63, 3.8) is 0 Å². The number of aryl methyl sites for hydroxylation is 2. The molecule has 1 unspecified atom stereocenters. The van der Waals surface area contributed by atoms with Crippen LogP contribution in [0.5, 0.6) is 5.88 Å². The lowest BCUT2D eigenvalue weighted by atomic mass is 10.2. The number of ether oxygens (including phenoxy) is 1. The van der Waals surface area contributed by atoms with Crippen molar-refractivity contribution >= 4 is 5.91 Å². The highest BCUT2D eigenvalue weighted by Crippen LogP contribution is 2.20. The number of amides is 1. The predicted octanol–water partition coefficient (Wildman–Crippen LogP) is -0.285. The van der Waals surface area contributed by atoms with Crippen LogP contribution >= 0.6 is 0 Å². The lowest BCUT2D eigenvalue weighted by Crippen LogP contribution is -2.30. The summed E-state index contributed by atoms with van der Waals surface area (Å²) in [5.41, 5.74) is 2.00. The Morgan fingerprint density at radius 1 is 1.65 bits per heavy atom. The van der Waals surface area contributed by atoms with Gasteiger partial charge in [0, 0.05) is 32.6 Å². The first-order valence-electron chi connectivity index (χ1n) is 5.68. The van der Waals surface area contributed by atoms with Crippen LogP contribution in [0.3, 0.4) is 0 Å². The molecule has 1 fully saturated rings. The highest BCUT2D eigenvalue weighted by Gasteiger charge is 2.22. The van der Waals surface area contributed by atoms with Crippen LogP contribution in [0.1, 0.15) is 17.7 Å². The van der Waals surface area contributed by atoms with Gasteiger partial charge in [-0.05, 0) is 6.92 Å². The summed E-state index contributed by atoms with van der Waals surface area (Å²) in [5.74, 6) is 0.879. The molecule has 0 aromatic carbocycles. The van der Waals surface area contributed by atoms with Gasteiger partial charge in [-0.25, -0.2) is 4.68 Å². The molecule has 6 heteroatoms. The number of rotatable bonds is 4. The van der Waals surface area contributed by atoms with Gasteiger partial charge in [0.1, 0.15) is 0 Å². The average Bonchev–Trinajstić information content (AvgIpc) is 2.80. The molecule has 2 rings (SSSR count). The van der Waals surface area contributed by atoms with Gasteiger partial charge in [0.2, 0.25) is 11.8 Å². The van der Waals surface area contributed by atoms with Gasteiger partial charge in [-0.15, -0.1) is 0 Å². The zero-order chi connectivity index (χ0) is 12.4. The van der Waals surface area contributed by atoms with E-state index in [1.807, 2.05) is 14.0 Å². The monoisotopic (exact) mass is 238 g/mol. The molecule has 0 saturated carbocycles. The van der Waals surface area contributed by atoms with Crippen LogP contribution in [0.2, 0.25) is 0 Å². The lowest BCUT2D eigenvalue weighted by Gasteiger charge is -2.10. The second kappa shape index (κ2) is 4.75. The Labute approximate surface area is 100 Å². The maximum atomic E-state index is 11.1. The fraction of sp³-hybridized carbons (Fsp3) is 0.636. The molecule has 0 radical (unpaired) electrons. The van der Waals surface area contributed by atoms with E-state index in [0.717, 1.165) is 17.1 Å². The van der Waals surface area contributed by atoms with Crippen molar-refractivity contribution in [2.45, 2.75) is 25.9 Å². The van der Waals surface area contributed by atoms with Gasteiger partial charge in [-0.1, -0.05) is 0 Å². The van der Waals surface area contributed by atoms with Crippen molar-refractivity contribution in [3.05, 3.63) is 11.3 Å². The van der Waals surface area contributed by atoms with E-state index in [0.29, 0.717) is 19.5 Å². The number of carbonyl (C=O) groups excluding carboxylic acids is 1. The molecule has 1 saturated heterocycles. The fourth-order valence-corrected chi connectivity index (χ4v) is 2.14. The van der Waals surface area contributed by atoms with E-state index in [-0.39, 0.29) is 11.9 Å². The Morgan fingerprint density at radius 2 is 2.41 bits per heavy atom. The molecule has 1 aliphatic heterocycles. The molecule has 1 amide bonds. The van der Waals surface area contributed by atoms with E-state index >= 15 is 0 Å². The summed E-state index contributed by atoms with van der Waals surface area (Å²) in [6.45, 7) is 3.32. The number of nitrogens with one attached hydrogen (secondary N) is 2. The van der Waals surface area contributed by atoms with Crippen LogP contribution in [0.15, 0.2) is 0 Å². The predicted molar refractivity (Wildman–Crippen MR) is 62.8 cm³/mol. The summed E-state index contributed by atoms with van der Waals surface area (Å²) in [4.78, 5) is 11.1. The Morgan fingerprint density at radius 3 is 3.00 bits per heavy atom. The first-order valence-corrected chi connectivity index (χ1v) is 5.68. The summed E-state index contributed by atoms with van der Waals surface area (Å²) >= 11 is 0. The molecule has 0 aliphatic carbocycles. The standard InChI is InChI=1S/C11H18N4O2/c1-7-9(11(17-3)15(2)14-7)6-12-8-4-10(16)13-5-8/h8,12H,4-6H2,1-3H3,(H,13,16). The number of carbonyl (C=O) groups is 1. The van der Waals surface area contributed by atoms with Crippen molar-refractivity contribution in [2.75, 3.05) is 13.7 Å². The molecule has 17 heavy (non-hydrogen) atoms. The molecule has 1 aromatic heterocycles. The maximum absolute atomic E-state index is 11.1. The van der Waals surface area contributed by atoms with Crippen molar-refractivity contribution < 1.29 is 9.53 Å². The third-order valence-electron chi connectivity index (χ3n) is 3.03. The summed E-state index contributed by atoms with van der Waals surface area (Å²) in [7, 11) is 3.50. The van der Waals surface area contributed by atoms with Gasteiger partial charge < -0.3 is 15.4 Å². The first kappa shape index (κ1) is 11.9. The van der Waals surface area contributed by atoms with Crippen LogP contribution < -0.4 is 15.4 Å². The topological polar surface area (TPSA) is 68.2 Å². The molecule has 1 aromatic rings. The molecule has 1 atom stereocenters. The summed E-state index contributed by atoms with van der Waals surface area (Å²) in [6, 6.07) is 0.201. The summed E-state index contributed by atoms with van der Waals surface area (Å²) in [5, 5.41) is 10.5. The molecule has 0 spiro atoms. The van der Waals surface area contributed by atoms with Crippen molar-refractivity contribution in [2.24, 2.45) is 7.05 Å². The molecule has 2 N–H and O–H groups in total. The minimum atomic E-state index is 0.109. The lowest BCUT2D eigenvalue weighted by molar-refractivity contribution is -0.119. The van der Waals surface area contributed by atoms with Crippen LogP contribution in [-0.4, -0.2) is 35.4 Å². The van der Waals surface area contributed by atoms with Crippen LogP contribution in [0.25, 0.3) is 0 Å². The summed E-state index contributed by atoms with van der Waals surface area (Å²) in [6.07, 6.45) is 0.543. The van der Waals surface area contributed by atoms with Crippen molar-refractivity contribution in [1.82, 2.24) is 20.4 Å². The van der Waals surface area contributed by atoms with Gasteiger partial charge in [0.25, 0.3) is 0 Å². The summed E-state index contributed by atoms with van der Waals surface area (Å²) < 4.78 is 7.04. The maximum Gasteiger partial charge on any atom is 0.221 e. The Balaban J connectivity index is 2.01. The van der Waals surface area contributed by atoms with E-state index in [9.17, 15) is 4.79 Å². The minimum absolute atomic E-state index is 0.109. The molecule has 6 nitrogen and oxygen atoms in total. The second-order valence-corrected chi connectivity index (χ2v) is 4.28. The highest BCUT2D eigenvalue weighted by atomic mass is 16.5. The number of aromatic nitrogens is 2. The van der Waals surface area contributed by atoms with Crippen LogP contribution in [0, 0.1) is 6.92 Å². The Hall–Kier alpha value is -1.56. The third kappa shape index (κ3) is 2.41. The van der Waals surface area contributed by atoms with Crippen molar-refractivity contribution in [1.29, 1.82) is 0 Å². The Bertz CT molecular complexity index is 427. The smallest absolute Gasteiger partial charge is 0.221 e. The quantitative estimate of drug-likeness (QED) is 0.756. The molecule has 94 valence electrons. The molecular weight excluding hydrogens is 220 g/mol. The van der Waals surface area contributed by atoms with Gasteiger partial charge >= 0.3 is 0 Å². The largest absolute Gasteiger partial charge is 0.481 e. The highest BCUT2D eigenvalue weighted by molar-refractivity contribution is 5.78. The normalized spacial score (nSPS) is 19.5. The van der Waals surface area contributed by atoms with Crippen molar-refractivity contribution in [3.8, 4) is 5.88 Å². The SMILES string of the molecule is COc1c(CNC2CNC(=O)C2)c(C)nn1C. The second-order valence-electron chi connectivity index (χ2n) is 4.28.